The summed E-state index contributed by atoms with van der Waals surface area (Å²) in [6, 6.07) is 11.9. The predicted octanol–water partition coefficient (Wildman–Crippen LogP) is 4.09. The van der Waals surface area contributed by atoms with Gasteiger partial charge in [0, 0.05) is 43.7 Å². The van der Waals surface area contributed by atoms with E-state index in [0.29, 0.717) is 29.3 Å². The van der Waals surface area contributed by atoms with Gasteiger partial charge in [-0.1, -0.05) is 18.6 Å². The van der Waals surface area contributed by atoms with Crippen LogP contribution in [-0.2, 0) is 18.9 Å². The van der Waals surface area contributed by atoms with E-state index < -0.39 is 0 Å². The van der Waals surface area contributed by atoms with Gasteiger partial charge >= 0.3 is 0 Å². The van der Waals surface area contributed by atoms with Crippen molar-refractivity contribution in [1.82, 2.24) is 14.4 Å². The fraction of sp³-hybridized carbons (Fsp3) is 0.613. The van der Waals surface area contributed by atoms with E-state index in [-0.39, 0.29) is 22.9 Å². The number of phenols is 1. The molecule has 37 heavy (non-hydrogen) atoms. The molecule has 1 aromatic heterocycles. The van der Waals surface area contributed by atoms with E-state index in [1.165, 1.54) is 47.6 Å². The highest BCUT2D eigenvalue weighted by molar-refractivity contribution is 5.93. The lowest BCUT2D eigenvalue weighted by molar-refractivity contribution is 0.0537. The summed E-state index contributed by atoms with van der Waals surface area (Å²) in [6.45, 7) is 3.13. The second-order valence-corrected chi connectivity index (χ2v) is 12.6. The van der Waals surface area contributed by atoms with Gasteiger partial charge in [0.05, 0.1) is 0 Å². The molecule has 3 aliphatic heterocycles. The fourth-order valence-electron chi connectivity index (χ4n) is 8.81. The van der Waals surface area contributed by atoms with Crippen molar-refractivity contribution in [3.8, 4) is 5.75 Å². The maximum absolute atomic E-state index is 14.0. The molecule has 2 aromatic rings. The number of hydrogen-bond donors (Lipinski definition) is 1. The van der Waals surface area contributed by atoms with Crippen LogP contribution in [0.4, 0.5) is 0 Å². The highest BCUT2D eigenvalue weighted by Gasteiger charge is 2.58. The van der Waals surface area contributed by atoms with E-state index >= 15 is 0 Å². The Kier molecular flexibility index (Phi) is 5.54. The van der Waals surface area contributed by atoms with Crippen LogP contribution in [0.2, 0.25) is 0 Å². The number of pyridine rings is 1. The molecule has 1 amide bonds. The number of carbonyl (C=O) groups excluding carboxylic acids is 1. The zero-order valence-corrected chi connectivity index (χ0v) is 21.9. The molecule has 8 rings (SSSR count). The van der Waals surface area contributed by atoms with Gasteiger partial charge in [0.15, 0.2) is 0 Å². The SMILES string of the molecule is Cn1c(C(=O)N2C[C@H]3CCC4Cc5ccc(O)cc5C5(CCC[C@H]2C35)CCN4CC2CC2)cccc1=O. The molecule has 4 fully saturated rings. The molecule has 196 valence electrons. The third-order valence-corrected chi connectivity index (χ3v) is 10.7. The first-order valence-electron chi connectivity index (χ1n) is 14.5. The third kappa shape index (κ3) is 3.77. The number of nitrogens with zero attached hydrogens (tertiary/aromatic N) is 3. The Morgan fingerprint density at radius 3 is 2.78 bits per heavy atom. The van der Waals surface area contributed by atoms with E-state index in [4.69, 9.17) is 0 Å². The van der Waals surface area contributed by atoms with Gasteiger partial charge in [-0.15, -0.1) is 0 Å². The van der Waals surface area contributed by atoms with E-state index in [1.54, 1.807) is 19.2 Å². The van der Waals surface area contributed by atoms with Gasteiger partial charge in [-0.2, -0.15) is 0 Å². The quantitative estimate of drug-likeness (QED) is 0.688. The van der Waals surface area contributed by atoms with Crippen LogP contribution in [0.25, 0.3) is 0 Å². The van der Waals surface area contributed by atoms with Crippen molar-refractivity contribution >= 4 is 5.91 Å². The van der Waals surface area contributed by atoms with Gasteiger partial charge in [0.25, 0.3) is 11.5 Å². The molecule has 6 heteroatoms. The first-order valence-corrected chi connectivity index (χ1v) is 14.5. The van der Waals surface area contributed by atoms with E-state index in [0.717, 1.165) is 57.5 Å². The largest absolute Gasteiger partial charge is 0.508 e. The van der Waals surface area contributed by atoms with Crippen LogP contribution in [0.3, 0.4) is 0 Å². The Morgan fingerprint density at radius 1 is 1.08 bits per heavy atom. The summed E-state index contributed by atoms with van der Waals surface area (Å²) in [5.41, 5.74) is 3.12. The topological polar surface area (TPSA) is 65.8 Å². The summed E-state index contributed by atoms with van der Waals surface area (Å²) in [5.74, 6) is 2.10. The number of fused-ring (bicyclic) bond motifs is 3. The van der Waals surface area contributed by atoms with Gasteiger partial charge in [-0.3, -0.25) is 14.5 Å². The molecule has 2 saturated carbocycles. The maximum atomic E-state index is 14.0. The van der Waals surface area contributed by atoms with Crippen molar-refractivity contribution < 1.29 is 9.90 Å². The van der Waals surface area contributed by atoms with Gasteiger partial charge in [-0.05, 0) is 105 Å². The van der Waals surface area contributed by atoms with E-state index in [1.807, 2.05) is 6.07 Å². The molecule has 2 bridgehead atoms. The highest BCUT2D eigenvalue weighted by atomic mass is 16.3. The summed E-state index contributed by atoms with van der Waals surface area (Å²) in [6.07, 6.45) is 10.5. The van der Waals surface area contributed by atoms with Crippen LogP contribution in [0, 0.1) is 17.8 Å². The van der Waals surface area contributed by atoms with Crippen molar-refractivity contribution in [1.29, 1.82) is 0 Å². The smallest absolute Gasteiger partial charge is 0.270 e. The van der Waals surface area contributed by atoms with Crippen molar-refractivity contribution in [2.75, 3.05) is 19.6 Å². The lowest BCUT2D eigenvalue weighted by atomic mass is 9.55. The molecule has 3 aliphatic carbocycles. The van der Waals surface area contributed by atoms with Crippen LogP contribution in [0.15, 0.2) is 41.2 Å². The minimum absolute atomic E-state index is 0.00524. The maximum Gasteiger partial charge on any atom is 0.270 e. The van der Waals surface area contributed by atoms with Crippen molar-refractivity contribution in [3.63, 3.8) is 0 Å². The number of aromatic nitrogens is 1. The Bertz CT molecular complexity index is 1280. The molecule has 3 unspecified atom stereocenters. The third-order valence-electron chi connectivity index (χ3n) is 10.7. The number of carbonyl (C=O) groups is 1. The molecule has 0 radical (unpaired) electrons. The van der Waals surface area contributed by atoms with Gasteiger partial charge < -0.3 is 14.6 Å². The number of benzene rings is 1. The van der Waals surface area contributed by atoms with Crippen LogP contribution in [0.5, 0.6) is 5.75 Å². The Labute approximate surface area is 219 Å². The van der Waals surface area contributed by atoms with Crippen LogP contribution in [0.1, 0.15) is 73.0 Å². The highest BCUT2D eigenvalue weighted by Crippen LogP contribution is 2.58. The van der Waals surface area contributed by atoms with Gasteiger partial charge in [0.2, 0.25) is 0 Å². The first kappa shape index (κ1) is 23.5. The van der Waals surface area contributed by atoms with Crippen molar-refractivity contribution in [3.05, 3.63) is 63.6 Å². The monoisotopic (exact) mass is 501 g/mol. The zero-order chi connectivity index (χ0) is 25.3. The zero-order valence-electron chi connectivity index (χ0n) is 21.9. The Balaban J connectivity index is 1.33. The van der Waals surface area contributed by atoms with Crippen LogP contribution in [-0.4, -0.2) is 57.1 Å². The first-order chi connectivity index (χ1) is 17.9. The molecule has 1 spiro atoms. The standard InChI is InChI=1S/C31H39N3O3/c1-32-27(4-2-6-28(32)36)30(37)34-19-22-9-11-23-16-21-10-12-24(35)17-25(21)31(13-3-5-26(34)29(22)31)14-15-33(23)18-20-7-8-20/h2,4,6,10,12,17,20,22-23,26,29,35H,3,5,7-9,11,13-16,18-19H2,1H3/t22-,23?,26+,29?,31?/m1/s1. The molecule has 4 heterocycles. The van der Waals surface area contributed by atoms with Gasteiger partial charge in [0.1, 0.15) is 11.4 Å². The summed E-state index contributed by atoms with van der Waals surface area (Å²) in [4.78, 5) is 31.3. The van der Waals surface area contributed by atoms with Gasteiger partial charge in [-0.25, -0.2) is 0 Å². The Morgan fingerprint density at radius 2 is 1.95 bits per heavy atom. The average molecular weight is 502 g/mol. The summed E-state index contributed by atoms with van der Waals surface area (Å²) in [7, 11) is 1.71. The minimum atomic E-state index is -0.136. The van der Waals surface area contributed by atoms with Crippen LogP contribution >= 0.6 is 0 Å². The molecule has 1 aromatic carbocycles. The number of rotatable bonds is 3. The van der Waals surface area contributed by atoms with Crippen molar-refractivity contribution in [2.24, 2.45) is 24.8 Å². The lowest BCUT2D eigenvalue weighted by Gasteiger charge is -2.51. The van der Waals surface area contributed by atoms with E-state index in [2.05, 4.69) is 21.9 Å². The number of amides is 1. The molecule has 1 N–H and O–H groups in total. The number of hydrogen-bond acceptors (Lipinski definition) is 4. The van der Waals surface area contributed by atoms with Crippen LogP contribution < -0.4 is 5.56 Å². The number of likely N-dealkylation sites (tertiary alicyclic amines) is 1. The second kappa shape index (κ2) is 8.72. The van der Waals surface area contributed by atoms with E-state index in [9.17, 15) is 14.7 Å². The number of phenolic OH excluding ortho intramolecular Hbond substituents is 1. The molecule has 6 nitrogen and oxygen atoms in total. The second-order valence-electron chi connectivity index (χ2n) is 12.6. The molecule has 2 saturated heterocycles. The Hall–Kier alpha value is -2.60. The average Bonchev–Trinajstić information content (AvgIpc) is 3.62. The molecule has 6 aliphatic rings. The molecular formula is C31H39N3O3. The van der Waals surface area contributed by atoms with Crippen molar-refractivity contribution in [2.45, 2.75) is 75.3 Å². The summed E-state index contributed by atoms with van der Waals surface area (Å²) in [5, 5.41) is 10.7. The minimum Gasteiger partial charge on any atom is -0.508 e. The molecule has 5 atom stereocenters. The summed E-state index contributed by atoms with van der Waals surface area (Å²) >= 11 is 0. The predicted molar refractivity (Wildman–Crippen MR) is 143 cm³/mol. The number of aromatic hydroxyl groups is 1. The molecular weight excluding hydrogens is 462 g/mol. The fourth-order valence-corrected chi connectivity index (χ4v) is 8.81. The normalized spacial score (nSPS) is 33.2. The summed E-state index contributed by atoms with van der Waals surface area (Å²) < 4.78 is 1.51. The lowest BCUT2D eigenvalue weighted by Crippen LogP contribution is -2.52.